The van der Waals surface area contributed by atoms with E-state index < -0.39 is 0 Å². The zero-order valence-electron chi connectivity index (χ0n) is 21.7. The summed E-state index contributed by atoms with van der Waals surface area (Å²) in [5, 5.41) is 14.6. The fourth-order valence-electron chi connectivity index (χ4n) is 5.98. The summed E-state index contributed by atoms with van der Waals surface area (Å²) >= 11 is 0. The Labute approximate surface area is 212 Å². The SMILES string of the molecule is CCCCc1cn(C2CCCCC2(C)C)c(=O)n1CC1(c2cccc(-c3nn[nH]n3)c2)C=CN=CC1. The van der Waals surface area contributed by atoms with Gasteiger partial charge in [0.15, 0.2) is 0 Å². The second-order valence-electron chi connectivity index (χ2n) is 11.1. The van der Waals surface area contributed by atoms with Gasteiger partial charge in [0, 0.05) is 47.9 Å². The third-order valence-electron chi connectivity index (χ3n) is 8.18. The lowest BCUT2D eigenvalue weighted by Crippen LogP contribution is -2.40. The number of unbranched alkanes of at least 4 members (excludes halogenated alkanes) is 1. The average Bonchev–Trinajstić information content (AvgIpc) is 3.53. The van der Waals surface area contributed by atoms with Crippen LogP contribution in [-0.2, 0) is 18.4 Å². The van der Waals surface area contributed by atoms with E-state index in [1.807, 2.05) is 29.1 Å². The van der Waals surface area contributed by atoms with Gasteiger partial charge in [0.1, 0.15) is 0 Å². The molecule has 2 aliphatic rings. The number of H-pyrrole nitrogens is 1. The molecule has 1 saturated carbocycles. The molecule has 1 aromatic carbocycles. The van der Waals surface area contributed by atoms with Crippen molar-refractivity contribution >= 4 is 6.21 Å². The number of tetrazole rings is 1. The van der Waals surface area contributed by atoms with Gasteiger partial charge < -0.3 is 0 Å². The van der Waals surface area contributed by atoms with Crippen LogP contribution in [0.5, 0.6) is 0 Å². The molecule has 3 heterocycles. The van der Waals surface area contributed by atoms with Gasteiger partial charge in [-0.15, -0.1) is 10.2 Å². The van der Waals surface area contributed by atoms with Gasteiger partial charge >= 0.3 is 5.69 Å². The summed E-state index contributed by atoms with van der Waals surface area (Å²) in [6, 6.07) is 8.50. The first-order chi connectivity index (χ1) is 17.4. The largest absolute Gasteiger partial charge is 0.328 e. The van der Waals surface area contributed by atoms with E-state index in [9.17, 15) is 4.79 Å². The molecular formula is C28H37N7O. The van der Waals surface area contributed by atoms with E-state index >= 15 is 0 Å². The Morgan fingerprint density at radius 3 is 2.83 bits per heavy atom. The first-order valence-corrected chi connectivity index (χ1v) is 13.3. The molecule has 0 spiro atoms. The quantitative estimate of drug-likeness (QED) is 0.470. The molecule has 8 heteroatoms. The van der Waals surface area contributed by atoms with E-state index in [-0.39, 0.29) is 22.6 Å². The number of allylic oxidation sites excluding steroid dienone is 1. The lowest BCUT2D eigenvalue weighted by Gasteiger charge is -2.39. The highest BCUT2D eigenvalue weighted by molar-refractivity contribution is 5.65. The summed E-state index contributed by atoms with van der Waals surface area (Å²) in [5.74, 6) is 0.562. The van der Waals surface area contributed by atoms with Crippen LogP contribution in [-0.4, -0.2) is 36.0 Å². The Kier molecular flexibility index (Phi) is 6.77. The molecule has 2 aromatic heterocycles. The van der Waals surface area contributed by atoms with Crippen LogP contribution >= 0.6 is 0 Å². The number of aromatic amines is 1. The molecule has 0 bridgehead atoms. The topological polar surface area (TPSA) is 93.8 Å². The molecule has 36 heavy (non-hydrogen) atoms. The molecule has 0 saturated heterocycles. The monoisotopic (exact) mass is 487 g/mol. The number of aliphatic imine (C=N–C) groups is 1. The predicted octanol–water partition coefficient (Wildman–Crippen LogP) is 5.24. The number of rotatable bonds is 8. The number of nitrogens with one attached hydrogen (secondary N) is 1. The Bertz CT molecular complexity index is 1300. The molecule has 5 rings (SSSR count). The van der Waals surface area contributed by atoms with E-state index in [1.165, 1.54) is 12.8 Å². The van der Waals surface area contributed by atoms with Gasteiger partial charge in [0.2, 0.25) is 5.82 Å². The van der Waals surface area contributed by atoms with Crippen molar-refractivity contribution in [3.05, 3.63) is 64.5 Å². The van der Waals surface area contributed by atoms with Crippen molar-refractivity contribution in [2.45, 2.75) is 90.1 Å². The standard InChI is InChI=1S/C28H37N7O/c1-4-5-11-23-19-34(24-12-6-7-13-27(24,2)3)26(36)35(23)20-28(14-16-29-17-15-28)22-10-8-9-21(18-22)25-30-32-33-31-25/h8-10,14,16-19,24H,4-7,11-13,15,20H2,1-3H3,(H,30,31,32,33). The van der Waals surface area contributed by atoms with E-state index in [0.717, 1.165) is 55.3 Å². The maximum atomic E-state index is 14.1. The molecule has 0 amide bonds. The van der Waals surface area contributed by atoms with Crippen LogP contribution in [0.3, 0.4) is 0 Å². The van der Waals surface area contributed by atoms with Gasteiger partial charge in [-0.3, -0.25) is 14.1 Å². The first kappa shape index (κ1) is 24.4. The summed E-state index contributed by atoms with van der Waals surface area (Å²) in [5.41, 5.74) is 2.99. The van der Waals surface area contributed by atoms with Gasteiger partial charge in [-0.25, -0.2) is 4.79 Å². The molecule has 190 valence electrons. The molecule has 1 N–H and O–H groups in total. The van der Waals surface area contributed by atoms with Crippen LogP contribution in [0.25, 0.3) is 11.4 Å². The van der Waals surface area contributed by atoms with E-state index in [1.54, 1.807) is 0 Å². The molecule has 1 fully saturated rings. The van der Waals surface area contributed by atoms with E-state index in [2.05, 4.69) is 75.4 Å². The molecule has 1 aliphatic heterocycles. The third-order valence-corrected chi connectivity index (χ3v) is 8.18. The van der Waals surface area contributed by atoms with Crippen LogP contribution in [0, 0.1) is 5.41 Å². The molecule has 8 nitrogen and oxygen atoms in total. The van der Waals surface area contributed by atoms with E-state index in [0.29, 0.717) is 12.4 Å². The highest BCUT2D eigenvalue weighted by atomic mass is 16.1. The normalized spacial score (nSPS) is 23.2. The first-order valence-electron chi connectivity index (χ1n) is 13.3. The Morgan fingerprint density at radius 2 is 2.11 bits per heavy atom. The van der Waals surface area contributed by atoms with Gasteiger partial charge in [-0.05, 0) is 54.4 Å². The summed E-state index contributed by atoms with van der Waals surface area (Å²) in [6.07, 6.45) is 16.6. The Morgan fingerprint density at radius 1 is 1.22 bits per heavy atom. The molecule has 2 atom stereocenters. The maximum Gasteiger partial charge on any atom is 0.328 e. The average molecular weight is 488 g/mol. The summed E-state index contributed by atoms with van der Waals surface area (Å²) in [6.45, 7) is 7.41. The molecule has 2 unspecified atom stereocenters. The molecule has 0 radical (unpaired) electrons. The van der Waals surface area contributed by atoms with Crippen LogP contribution < -0.4 is 5.69 Å². The molecule has 1 aliphatic carbocycles. The maximum absolute atomic E-state index is 14.1. The second kappa shape index (κ2) is 9.99. The zero-order valence-corrected chi connectivity index (χ0v) is 21.7. The van der Waals surface area contributed by atoms with Gasteiger partial charge in [-0.1, -0.05) is 64.3 Å². The lowest BCUT2D eigenvalue weighted by atomic mass is 9.73. The third kappa shape index (κ3) is 4.61. The van der Waals surface area contributed by atoms with E-state index in [4.69, 9.17) is 0 Å². The molecular weight excluding hydrogens is 450 g/mol. The summed E-state index contributed by atoms with van der Waals surface area (Å²) < 4.78 is 4.11. The fourth-order valence-corrected chi connectivity index (χ4v) is 5.98. The number of hydrogen-bond acceptors (Lipinski definition) is 5. The zero-order chi connectivity index (χ0) is 25.2. The van der Waals surface area contributed by atoms with Crippen LogP contribution in [0.1, 0.15) is 83.0 Å². The second-order valence-corrected chi connectivity index (χ2v) is 11.1. The lowest BCUT2D eigenvalue weighted by molar-refractivity contribution is 0.140. The predicted molar refractivity (Wildman–Crippen MR) is 142 cm³/mol. The van der Waals surface area contributed by atoms with Crippen molar-refractivity contribution in [2.75, 3.05) is 0 Å². The van der Waals surface area contributed by atoms with Crippen LogP contribution in [0.15, 0.2) is 52.5 Å². The van der Waals surface area contributed by atoms with Crippen molar-refractivity contribution in [2.24, 2.45) is 10.4 Å². The highest BCUT2D eigenvalue weighted by Gasteiger charge is 2.37. The highest BCUT2D eigenvalue weighted by Crippen LogP contribution is 2.43. The fraction of sp³-hybridized carbons (Fsp3) is 0.536. The minimum atomic E-state index is -0.388. The minimum absolute atomic E-state index is 0.115. The van der Waals surface area contributed by atoms with Crippen molar-refractivity contribution in [3.63, 3.8) is 0 Å². The van der Waals surface area contributed by atoms with Gasteiger partial charge in [-0.2, -0.15) is 5.21 Å². The minimum Gasteiger partial charge on any atom is -0.295 e. The van der Waals surface area contributed by atoms with Crippen molar-refractivity contribution < 1.29 is 0 Å². The van der Waals surface area contributed by atoms with Crippen LogP contribution in [0.2, 0.25) is 0 Å². The number of hydrogen-bond donors (Lipinski definition) is 1. The van der Waals surface area contributed by atoms with Crippen molar-refractivity contribution in [3.8, 4) is 11.4 Å². The summed E-state index contributed by atoms with van der Waals surface area (Å²) in [4.78, 5) is 18.4. The Balaban J connectivity index is 1.58. The number of benzene rings is 1. The number of nitrogens with zero attached hydrogens (tertiary/aromatic N) is 6. The number of aromatic nitrogens is 6. The number of aryl methyl sites for hydroxylation is 1. The van der Waals surface area contributed by atoms with Crippen molar-refractivity contribution in [1.29, 1.82) is 0 Å². The molecule has 3 aromatic rings. The van der Waals surface area contributed by atoms with Gasteiger partial charge in [0.05, 0.1) is 0 Å². The Hall–Kier alpha value is -3.29. The van der Waals surface area contributed by atoms with Crippen LogP contribution in [0.4, 0.5) is 0 Å². The summed E-state index contributed by atoms with van der Waals surface area (Å²) in [7, 11) is 0. The van der Waals surface area contributed by atoms with Gasteiger partial charge in [0.25, 0.3) is 0 Å². The van der Waals surface area contributed by atoms with Crippen molar-refractivity contribution in [1.82, 2.24) is 29.8 Å². The number of imidazole rings is 1. The smallest absolute Gasteiger partial charge is 0.295 e.